The molecule has 0 aliphatic rings. The number of nitrogens with two attached hydrogens (primary N) is 1. The van der Waals surface area contributed by atoms with Crippen molar-refractivity contribution < 1.29 is 12.6 Å². The van der Waals surface area contributed by atoms with E-state index >= 15 is 0 Å². The van der Waals surface area contributed by atoms with Crippen LogP contribution in [0.15, 0.2) is 24.3 Å². The molecular formula is C9H14N2O3S. The van der Waals surface area contributed by atoms with Crippen LogP contribution in [0.25, 0.3) is 0 Å². The molecule has 0 bridgehead atoms. The number of nitrogen functional groups attached to an aromatic ring is 1. The molecule has 1 aromatic rings. The quantitative estimate of drug-likeness (QED) is 0.736. The summed E-state index contributed by atoms with van der Waals surface area (Å²) in [5, 5.41) is 0. The monoisotopic (exact) mass is 230 g/mol. The van der Waals surface area contributed by atoms with Crippen molar-refractivity contribution in [1.29, 1.82) is 0 Å². The molecule has 0 aliphatic carbocycles. The summed E-state index contributed by atoms with van der Waals surface area (Å²) in [6, 6.07) is 6.26. The minimum atomic E-state index is -3.72. The highest BCUT2D eigenvalue weighted by molar-refractivity contribution is 7.85. The first-order valence-electron chi connectivity index (χ1n) is 4.58. The molecule has 5 nitrogen and oxygen atoms in total. The summed E-state index contributed by atoms with van der Waals surface area (Å²) in [5.74, 6) is 0.207. The van der Waals surface area contributed by atoms with Crippen LogP contribution in [0.5, 0.6) is 5.75 Å². The standard InChI is InChI=1S/C9H14N2O3S/c1-2-6-11-15(12,13)14-9-5-3-4-8(10)7-9/h3-5,7,11H,2,6,10H2,1H3. The molecule has 84 valence electrons. The fraction of sp³-hybridized carbons (Fsp3) is 0.333. The predicted molar refractivity (Wildman–Crippen MR) is 58.7 cm³/mol. The third-order valence-electron chi connectivity index (χ3n) is 1.59. The Bertz CT molecular complexity index is 417. The van der Waals surface area contributed by atoms with Crippen LogP contribution in [0.2, 0.25) is 0 Å². The number of benzene rings is 1. The SMILES string of the molecule is CCCNS(=O)(=O)Oc1cccc(N)c1. The van der Waals surface area contributed by atoms with Gasteiger partial charge in [-0.15, -0.1) is 0 Å². The minimum Gasteiger partial charge on any atom is -0.399 e. The molecule has 0 heterocycles. The summed E-state index contributed by atoms with van der Waals surface area (Å²) in [6.07, 6.45) is 0.708. The molecule has 0 atom stereocenters. The summed E-state index contributed by atoms with van der Waals surface area (Å²) < 4.78 is 29.6. The van der Waals surface area contributed by atoms with Crippen molar-refractivity contribution in [3.05, 3.63) is 24.3 Å². The average Bonchev–Trinajstić information content (AvgIpc) is 2.14. The van der Waals surface area contributed by atoms with E-state index in [0.717, 1.165) is 0 Å². The van der Waals surface area contributed by atoms with Gasteiger partial charge in [0, 0.05) is 18.3 Å². The summed E-state index contributed by atoms with van der Waals surface area (Å²) in [5.41, 5.74) is 5.94. The Morgan fingerprint density at radius 3 is 2.80 bits per heavy atom. The highest BCUT2D eigenvalue weighted by atomic mass is 32.2. The van der Waals surface area contributed by atoms with Crippen molar-refractivity contribution >= 4 is 16.0 Å². The molecule has 6 heteroatoms. The number of hydrogen-bond donors (Lipinski definition) is 2. The molecule has 0 unspecified atom stereocenters. The molecule has 0 amide bonds. The molecule has 0 aliphatic heterocycles. The first-order chi connectivity index (χ1) is 7.03. The highest BCUT2D eigenvalue weighted by Crippen LogP contribution is 2.15. The van der Waals surface area contributed by atoms with E-state index in [1.807, 2.05) is 6.92 Å². The smallest absolute Gasteiger partial charge is 0.382 e. The molecule has 0 saturated heterocycles. The lowest BCUT2D eigenvalue weighted by atomic mass is 10.3. The summed E-state index contributed by atoms with van der Waals surface area (Å²) >= 11 is 0. The van der Waals surface area contributed by atoms with Crippen LogP contribution in [0, 0.1) is 0 Å². The average molecular weight is 230 g/mol. The Kier molecular flexibility index (Phi) is 3.93. The van der Waals surface area contributed by atoms with Crippen molar-refractivity contribution in [2.24, 2.45) is 0 Å². The van der Waals surface area contributed by atoms with Gasteiger partial charge in [0.1, 0.15) is 5.75 Å². The Balaban J connectivity index is 2.69. The molecule has 1 aromatic carbocycles. The van der Waals surface area contributed by atoms with Gasteiger partial charge in [-0.25, -0.2) is 0 Å². The van der Waals surface area contributed by atoms with Gasteiger partial charge in [-0.3, -0.25) is 0 Å². The molecule has 0 aromatic heterocycles. The van der Waals surface area contributed by atoms with Crippen LogP contribution in [0.3, 0.4) is 0 Å². The molecule has 0 saturated carbocycles. The maximum absolute atomic E-state index is 11.3. The van der Waals surface area contributed by atoms with Gasteiger partial charge in [0.25, 0.3) is 0 Å². The van der Waals surface area contributed by atoms with Gasteiger partial charge in [-0.05, 0) is 18.6 Å². The molecule has 1 rings (SSSR count). The minimum absolute atomic E-state index is 0.207. The van der Waals surface area contributed by atoms with Gasteiger partial charge in [0.15, 0.2) is 0 Å². The molecular weight excluding hydrogens is 216 g/mol. The Hall–Kier alpha value is -1.27. The second-order valence-corrected chi connectivity index (χ2v) is 4.37. The van der Waals surface area contributed by atoms with Crippen LogP contribution in [-0.2, 0) is 10.3 Å². The maximum Gasteiger partial charge on any atom is 0.382 e. The second kappa shape index (κ2) is 4.99. The van der Waals surface area contributed by atoms with E-state index in [4.69, 9.17) is 9.92 Å². The highest BCUT2D eigenvalue weighted by Gasteiger charge is 2.10. The van der Waals surface area contributed by atoms with Crippen molar-refractivity contribution in [3.8, 4) is 5.75 Å². The first-order valence-corrected chi connectivity index (χ1v) is 5.99. The summed E-state index contributed by atoms with van der Waals surface area (Å²) in [6.45, 7) is 2.22. The fourth-order valence-corrected chi connectivity index (χ4v) is 1.82. The zero-order chi connectivity index (χ0) is 11.3. The van der Waals surface area contributed by atoms with E-state index in [9.17, 15) is 8.42 Å². The van der Waals surface area contributed by atoms with E-state index in [2.05, 4.69) is 4.72 Å². The molecule has 15 heavy (non-hydrogen) atoms. The van der Waals surface area contributed by atoms with Gasteiger partial charge in [-0.1, -0.05) is 13.0 Å². The molecule has 0 radical (unpaired) electrons. The Morgan fingerprint density at radius 1 is 1.47 bits per heavy atom. The van der Waals surface area contributed by atoms with E-state index in [1.54, 1.807) is 12.1 Å². The van der Waals surface area contributed by atoms with Crippen molar-refractivity contribution in [1.82, 2.24) is 4.72 Å². The zero-order valence-corrected chi connectivity index (χ0v) is 9.25. The van der Waals surface area contributed by atoms with Gasteiger partial charge < -0.3 is 9.92 Å². The lowest BCUT2D eigenvalue weighted by Gasteiger charge is -2.07. The van der Waals surface area contributed by atoms with E-state index in [1.165, 1.54) is 12.1 Å². The van der Waals surface area contributed by atoms with Gasteiger partial charge in [0.05, 0.1) is 0 Å². The summed E-state index contributed by atoms with van der Waals surface area (Å²) in [4.78, 5) is 0. The van der Waals surface area contributed by atoms with Crippen molar-refractivity contribution in [3.63, 3.8) is 0 Å². The molecule has 0 spiro atoms. The normalized spacial score (nSPS) is 11.3. The Labute approximate surface area is 89.5 Å². The van der Waals surface area contributed by atoms with Crippen molar-refractivity contribution in [2.75, 3.05) is 12.3 Å². The van der Waals surface area contributed by atoms with Crippen LogP contribution < -0.4 is 14.6 Å². The first kappa shape index (κ1) is 11.8. The topological polar surface area (TPSA) is 81.4 Å². The third-order valence-corrected chi connectivity index (χ3v) is 2.56. The molecule has 3 N–H and O–H groups in total. The van der Waals surface area contributed by atoms with Crippen LogP contribution in [-0.4, -0.2) is 15.0 Å². The van der Waals surface area contributed by atoms with Crippen LogP contribution >= 0.6 is 0 Å². The maximum atomic E-state index is 11.3. The van der Waals surface area contributed by atoms with E-state index in [-0.39, 0.29) is 5.75 Å². The number of anilines is 1. The number of rotatable bonds is 5. The number of hydrogen-bond acceptors (Lipinski definition) is 4. The predicted octanol–water partition coefficient (Wildman–Crippen LogP) is 0.892. The number of nitrogens with one attached hydrogen (secondary N) is 1. The summed E-state index contributed by atoms with van der Waals surface area (Å²) in [7, 11) is -3.72. The molecule has 0 fully saturated rings. The third kappa shape index (κ3) is 4.18. The largest absolute Gasteiger partial charge is 0.399 e. The second-order valence-electron chi connectivity index (χ2n) is 3.00. The Morgan fingerprint density at radius 2 is 2.20 bits per heavy atom. The van der Waals surface area contributed by atoms with Crippen molar-refractivity contribution in [2.45, 2.75) is 13.3 Å². The van der Waals surface area contributed by atoms with Gasteiger partial charge in [0.2, 0.25) is 0 Å². The van der Waals surface area contributed by atoms with Gasteiger partial charge >= 0.3 is 10.3 Å². The van der Waals surface area contributed by atoms with E-state index < -0.39 is 10.3 Å². The lowest BCUT2D eigenvalue weighted by Crippen LogP contribution is -2.28. The fourth-order valence-electron chi connectivity index (χ4n) is 0.950. The van der Waals surface area contributed by atoms with Crippen LogP contribution in [0.4, 0.5) is 5.69 Å². The van der Waals surface area contributed by atoms with E-state index in [0.29, 0.717) is 18.7 Å². The van der Waals surface area contributed by atoms with Gasteiger partial charge in [-0.2, -0.15) is 13.1 Å². The zero-order valence-electron chi connectivity index (χ0n) is 8.43. The lowest BCUT2D eigenvalue weighted by molar-refractivity contribution is 0.471. The van der Waals surface area contributed by atoms with Crippen LogP contribution in [0.1, 0.15) is 13.3 Å².